The van der Waals surface area contributed by atoms with Gasteiger partial charge in [-0.05, 0) is 6.07 Å². The van der Waals surface area contributed by atoms with Gasteiger partial charge in [0, 0.05) is 13.2 Å². The van der Waals surface area contributed by atoms with Crippen LogP contribution in [-0.4, -0.2) is 17.9 Å². The lowest BCUT2D eigenvalue weighted by atomic mass is 10.2. The Morgan fingerprint density at radius 3 is 3.00 bits per heavy atom. The molecule has 4 nitrogen and oxygen atoms in total. The van der Waals surface area contributed by atoms with E-state index in [4.69, 9.17) is 17.3 Å². The summed E-state index contributed by atoms with van der Waals surface area (Å²) in [5.41, 5.74) is 6.06. The number of pyridine rings is 1. The lowest BCUT2D eigenvalue weighted by Gasteiger charge is -2.03. The number of amides is 1. The standard InChI is InChI=1S/C7H8ClN3O/c1-10-7(12)4-2-3-11-6(8)5(4)9/h2-3H,9H2,1H3,(H,10,12). The second-order valence-corrected chi connectivity index (χ2v) is 2.50. The topological polar surface area (TPSA) is 68.0 Å². The quantitative estimate of drug-likeness (QED) is 0.633. The molecule has 0 atom stereocenters. The zero-order valence-electron chi connectivity index (χ0n) is 6.47. The van der Waals surface area contributed by atoms with Crippen molar-refractivity contribution >= 4 is 23.2 Å². The predicted octanol–water partition coefficient (Wildman–Crippen LogP) is 0.677. The summed E-state index contributed by atoms with van der Waals surface area (Å²) in [7, 11) is 1.52. The third kappa shape index (κ3) is 1.48. The van der Waals surface area contributed by atoms with Crippen LogP contribution in [0.15, 0.2) is 12.3 Å². The molecule has 0 saturated carbocycles. The van der Waals surface area contributed by atoms with Crippen LogP contribution < -0.4 is 11.1 Å². The summed E-state index contributed by atoms with van der Waals surface area (Å²) in [5, 5.41) is 2.59. The number of halogens is 1. The Morgan fingerprint density at radius 2 is 2.42 bits per heavy atom. The minimum Gasteiger partial charge on any atom is -0.396 e. The van der Waals surface area contributed by atoms with Gasteiger partial charge in [0.2, 0.25) is 0 Å². The zero-order valence-corrected chi connectivity index (χ0v) is 7.22. The molecule has 0 fully saturated rings. The van der Waals surface area contributed by atoms with Crippen LogP contribution in [0.1, 0.15) is 10.4 Å². The molecule has 1 aromatic heterocycles. The van der Waals surface area contributed by atoms with E-state index in [1.54, 1.807) is 0 Å². The Hall–Kier alpha value is -1.29. The maximum absolute atomic E-state index is 11.1. The van der Waals surface area contributed by atoms with Gasteiger partial charge in [-0.3, -0.25) is 4.79 Å². The molecule has 0 aliphatic carbocycles. The van der Waals surface area contributed by atoms with E-state index in [2.05, 4.69) is 10.3 Å². The first-order chi connectivity index (χ1) is 5.66. The van der Waals surface area contributed by atoms with E-state index in [1.165, 1.54) is 19.3 Å². The summed E-state index contributed by atoms with van der Waals surface area (Å²) in [6, 6.07) is 1.51. The summed E-state index contributed by atoms with van der Waals surface area (Å²) in [6.07, 6.45) is 1.43. The maximum Gasteiger partial charge on any atom is 0.253 e. The fourth-order valence-electron chi connectivity index (χ4n) is 0.780. The van der Waals surface area contributed by atoms with Crippen LogP contribution in [0.5, 0.6) is 0 Å². The van der Waals surface area contributed by atoms with Gasteiger partial charge in [-0.15, -0.1) is 0 Å². The SMILES string of the molecule is CNC(=O)c1ccnc(Cl)c1N. The first kappa shape index (κ1) is 8.80. The van der Waals surface area contributed by atoms with E-state index in [1.807, 2.05) is 0 Å². The van der Waals surface area contributed by atoms with E-state index in [0.29, 0.717) is 5.56 Å². The van der Waals surface area contributed by atoms with Gasteiger partial charge in [-0.25, -0.2) is 4.98 Å². The Bertz CT molecular complexity index is 314. The van der Waals surface area contributed by atoms with Gasteiger partial charge in [0.25, 0.3) is 5.91 Å². The highest BCUT2D eigenvalue weighted by Crippen LogP contribution is 2.18. The molecular weight excluding hydrogens is 178 g/mol. The Labute approximate surface area is 74.7 Å². The van der Waals surface area contributed by atoms with Crippen molar-refractivity contribution < 1.29 is 4.79 Å². The van der Waals surface area contributed by atoms with Crippen molar-refractivity contribution in [3.63, 3.8) is 0 Å². The van der Waals surface area contributed by atoms with Gasteiger partial charge >= 0.3 is 0 Å². The van der Waals surface area contributed by atoms with E-state index in [9.17, 15) is 4.79 Å². The molecule has 0 saturated heterocycles. The van der Waals surface area contributed by atoms with Gasteiger partial charge in [0.1, 0.15) is 0 Å². The first-order valence-corrected chi connectivity index (χ1v) is 3.66. The highest BCUT2D eigenvalue weighted by atomic mass is 35.5. The summed E-state index contributed by atoms with van der Waals surface area (Å²) in [5.74, 6) is -0.267. The molecule has 0 bridgehead atoms. The lowest BCUT2D eigenvalue weighted by molar-refractivity contribution is 0.0964. The molecule has 5 heteroatoms. The van der Waals surface area contributed by atoms with E-state index < -0.39 is 0 Å². The highest BCUT2D eigenvalue weighted by molar-refractivity contribution is 6.32. The number of nitrogens with one attached hydrogen (secondary N) is 1. The lowest BCUT2D eigenvalue weighted by Crippen LogP contribution is -2.19. The van der Waals surface area contributed by atoms with Crippen molar-refractivity contribution in [2.24, 2.45) is 0 Å². The largest absolute Gasteiger partial charge is 0.396 e. The molecule has 3 N–H and O–H groups in total. The molecule has 12 heavy (non-hydrogen) atoms. The summed E-state index contributed by atoms with van der Waals surface area (Å²) >= 11 is 5.60. The number of rotatable bonds is 1. The minimum absolute atomic E-state index is 0.149. The van der Waals surface area contributed by atoms with Crippen LogP contribution in [-0.2, 0) is 0 Å². The average molecular weight is 186 g/mol. The number of carbonyl (C=O) groups excluding carboxylic acids is 1. The van der Waals surface area contributed by atoms with Gasteiger partial charge in [0.15, 0.2) is 5.15 Å². The van der Waals surface area contributed by atoms with Crippen LogP contribution in [0, 0.1) is 0 Å². The maximum atomic E-state index is 11.1. The van der Waals surface area contributed by atoms with Gasteiger partial charge in [0.05, 0.1) is 11.3 Å². The molecule has 0 spiro atoms. The van der Waals surface area contributed by atoms with Gasteiger partial charge < -0.3 is 11.1 Å². The summed E-state index contributed by atoms with van der Waals surface area (Å²) in [6.45, 7) is 0. The smallest absolute Gasteiger partial charge is 0.253 e. The third-order valence-corrected chi connectivity index (χ3v) is 1.71. The van der Waals surface area contributed by atoms with Crippen LogP contribution in [0.4, 0.5) is 5.69 Å². The fraction of sp³-hybridized carbons (Fsp3) is 0.143. The Morgan fingerprint density at radius 1 is 1.75 bits per heavy atom. The normalized spacial score (nSPS) is 9.50. The number of nitrogen functional groups attached to an aromatic ring is 1. The van der Waals surface area contributed by atoms with E-state index in [0.717, 1.165) is 0 Å². The van der Waals surface area contributed by atoms with Gasteiger partial charge in [-0.1, -0.05) is 11.6 Å². The van der Waals surface area contributed by atoms with Crippen LogP contribution in [0.3, 0.4) is 0 Å². The number of nitrogens with zero attached hydrogens (tertiary/aromatic N) is 1. The number of hydrogen-bond acceptors (Lipinski definition) is 3. The third-order valence-electron chi connectivity index (χ3n) is 1.41. The molecule has 0 aromatic carbocycles. The molecule has 64 valence electrons. The Balaban J connectivity index is 3.16. The minimum atomic E-state index is -0.267. The van der Waals surface area contributed by atoms with Gasteiger partial charge in [-0.2, -0.15) is 0 Å². The monoisotopic (exact) mass is 185 g/mol. The van der Waals surface area contributed by atoms with Crippen molar-refractivity contribution in [2.75, 3.05) is 12.8 Å². The number of nitrogens with two attached hydrogens (primary N) is 1. The van der Waals surface area contributed by atoms with Crippen molar-refractivity contribution in [2.45, 2.75) is 0 Å². The molecular formula is C7H8ClN3O. The van der Waals surface area contributed by atoms with Crippen molar-refractivity contribution in [3.8, 4) is 0 Å². The number of carbonyl (C=O) groups is 1. The molecule has 1 heterocycles. The van der Waals surface area contributed by atoms with Crippen LogP contribution >= 0.6 is 11.6 Å². The van der Waals surface area contributed by atoms with Crippen LogP contribution in [0.25, 0.3) is 0 Å². The molecule has 0 unspecified atom stereocenters. The van der Waals surface area contributed by atoms with Crippen molar-refractivity contribution in [1.82, 2.24) is 10.3 Å². The zero-order chi connectivity index (χ0) is 9.14. The number of hydrogen-bond donors (Lipinski definition) is 2. The first-order valence-electron chi connectivity index (χ1n) is 3.29. The second kappa shape index (κ2) is 3.40. The average Bonchev–Trinajstić information content (AvgIpc) is 2.08. The predicted molar refractivity (Wildman–Crippen MR) is 47.0 cm³/mol. The number of anilines is 1. The second-order valence-electron chi connectivity index (χ2n) is 2.14. The molecule has 1 rings (SSSR count). The van der Waals surface area contributed by atoms with E-state index in [-0.39, 0.29) is 16.7 Å². The molecule has 0 aliphatic rings. The van der Waals surface area contributed by atoms with E-state index >= 15 is 0 Å². The van der Waals surface area contributed by atoms with Crippen LogP contribution in [0.2, 0.25) is 5.15 Å². The number of aromatic nitrogens is 1. The molecule has 1 amide bonds. The molecule has 1 aromatic rings. The Kier molecular flexibility index (Phi) is 2.50. The molecule has 0 radical (unpaired) electrons. The van der Waals surface area contributed by atoms with Crippen molar-refractivity contribution in [3.05, 3.63) is 23.0 Å². The molecule has 0 aliphatic heterocycles. The fourth-order valence-corrected chi connectivity index (χ4v) is 0.939. The summed E-state index contributed by atoms with van der Waals surface area (Å²) in [4.78, 5) is 14.8. The van der Waals surface area contributed by atoms with Crippen molar-refractivity contribution in [1.29, 1.82) is 0 Å². The summed E-state index contributed by atoms with van der Waals surface area (Å²) < 4.78 is 0. The highest BCUT2D eigenvalue weighted by Gasteiger charge is 2.09.